The van der Waals surface area contributed by atoms with Gasteiger partial charge in [-0.05, 0) is 29.8 Å². The molecule has 4 nitrogen and oxygen atoms in total. The quantitative estimate of drug-likeness (QED) is 0.786. The summed E-state index contributed by atoms with van der Waals surface area (Å²) in [7, 11) is 0. The van der Waals surface area contributed by atoms with Crippen molar-refractivity contribution in [3.05, 3.63) is 76.0 Å². The van der Waals surface area contributed by atoms with E-state index in [1.807, 2.05) is 24.3 Å². The molecule has 0 fully saturated rings. The lowest BCUT2D eigenvalue weighted by atomic mass is 10.1. The normalized spacial score (nSPS) is 10.4. The van der Waals surface area contributed by atoms with E-state index in [0.717, 1.165) is 21.9 Å². The van der Waals surface area contributed by atoms with Crippen molar-refractivity contribution in [2.75, 3.05) is 5.32 Å². The molecule has 6 heteroatoms. The van der Waals surface area contributed by atoms with Crippen molar-refractivity contribution in [1.82, 2.24) is 9.97 Å². The number of rotatable bonds is 4. The topological polar surface area (TPSA) is 54.9 Å². The van der Waals surface area contributed by atoms with E-state index in [1.165, 1.54) is 17.5 Å². The first-order valence-electron chi connectivity index (χ1n) is 6.61. The number of thiazole rings is 1. The van der Waals surface area contributed by atoms with E-state index in [2.05, 4.69) is 15.3 Å². The van der Waals surface area contributed by atoms with E-state index in [0.29, 0.717) is 10.7 Å². The van der Waals surface area contributed by atoms with Gasteiger partial charge in [-0.15, -0.1) is 11.3 Å². The molecule has 3 aromatic rings. The molecule has 0 saturated carbocycles. The summed E-state index contributed by atoms with van der Waals surface area (Å²) in [6.07, 6.45) is 5.69. The third kappa shape index (κ3) is 3.69. The van der Waals surface area contributed by atoms with Crippen molar-refractivity contribution in [2.24, 2.45) is 0 Å². The van der Waals surface area contributed by atoms with Gasteiger partial charge in [-0.3, -0.25) is 15.1 Å². The molecule has 0 aliphatic carbocycles. The van der Waals surface area contributed by atoms with Crippen molar-refractivity contribution in [3.63, 3.8) is 0 Å². The van der Waals surface area contributed by atoms with Gasteiger partial charge in [0.1, 0.15) is 0 Å². The minimum absolute atomic E-state index is 0.208. The highest BCUT2D eigenvalue weighted by Gasteiger charge is 2.09. The van der Waals surface area contributed by atoms with Gasteiger partial charge in [0.25, 0.3) is 5.91 Å². The second kappa shape index (κ2) is 6.68. The predicted octanol–water partition coefficient (Wildman–Crippen LogP) is 4.03. The highest BCUT2D eigenvalue weighted by atomic mass is 35.5. The minimum atomic E-state index is -0.208. The van der Waals surface area contributed by atoms with Gasteiger partial charge in [-0.1, -0.05) is 23.7 Å². The molecule has 3 rings (SSSR count). The number of amides is 1. The number of carbonyl (C=O) groups is 1. The van der Waals surface area contributed by atoms with Crippen LogP contribution in [0.15, 0.2) is 55.0 Å². The Balaban J connectivity index is 1.66. The van der Waals surface area contributed by atoms with Gasteiger partial charge in [0, 0.05) is 34.9 Å². The zero-order chi connectivity index (χ0) is 15.4. The van der Waals surface area contributed by atoms with Gasteiger partial charge in [0.05, 0.1) is 5.56 Å². The number of carbonyl (C=O) groups excluding carboxylic acids is 1. The summed E-state index contributed by atoms with van der Waals surface area (Å²) < 4.78 is 0. The SMILES string of the molecule is O=C(Nc1ncc(Cc2ccc(Cl)cc2)s1)c1cccnc1. The predicted molar refractivity (Wildman–Crippen MR) is 88.6 cm³/mol. The van der Waals surface area contributed by atoms with E-state index in [9.17, 15) is 4.79 Å². The maximum atomic E-state index is 12.0. The number of halogens is 1. The number of hydrogen-bond donors (Lipinski definition) is 1. The first kappa shape index (κ1) is 14.7. The number of anilines is 1. The fraction of sp³-hybridized carbons (Fsp3) is 0.0625. The molecule has 1 aromatic carbocycles. The fourth-order valence-electron chi connectivity index (χ4n) is 1.92. The molecule has 0 aliphatic heterocycles. The number of nitrogens with zero attached hydrogens (tertiary/aromatic N) is 2. The number of hydrogen-bond acceptors (Lipinski definition) is 4. The lowest BCUT2D eigenvalue weighted by Crippen LogP contribution is -2.11. The fourth-order valence-corrected chi connectivity index (χ4v) is 2.88. The molecular formula is C16H12ClN3OS. The van der Waals surface area contributed by atoms with Gasteiger partial charge in [-0.25, -0.2) is 4.98 Å². The van der Waals surface area contributed by atoms with Crippen LogP contribution in [0.4, 0.5) is 5.13 Å². The third-order valence-corrected chi connectivity index (χ3v) is 4.15. The van der Waals surface area contributed by atoms with Crippen molar-refractivity contribution >= 4 is 34.0 Å². The summed E-state index contributed by atoms with van der Waals surface area (Å²) in [6.45, 7) is 0. The first-order chi connectivity index (χ1) is 10.7. The summed E-state index contributed by atoms with van der Waals surface area (Å²) >= 11 is 7.33. The molecule has 0 saturated heterocycles. The van der Waals surface area contributed by atoms with Crippen LogP contribution in [0.2, 0.25) is 5.02 Å². The largest absolute Gasteiger partial charge is 0.298 e. The number of nitrogens with one attached hydrogen (secondary N) is 1. The van der Waals surface area contributed by atoms with E-state index in [-0.39, 0.29) is 5.91 Å². The first-order valence-corrected chi connectivity index (χ1v) is 7.81. The van der Waals surface area contributed by atoms with Crippen LogP contribution < -0.4 is 5.32 Å². The summed E-state index contributed by atoms with van der Waals surface area (Å²) in [4.78, 5) is 21.3. The molecule has 0 aliphatic rings. The zero-order valence-corrected chi connectivity index (χ0v) is 13.1. The summed E-state index contributed by atoms with van der Waals surface area (Å²) in [5.41, 5.74) is 1.66. The van der Waals surface area contributed by atoms with Crippen LogP contribution in [0.25, 0.3) is 0 Å². The second-order valence-corrected chi connectivity index (χ2v) is 6.18. The minimum Gasteiger partial charge on any atom is -0.298 e. The summed E-state index contributed by atoms with van der Waals surface area (Å²) in [6, 6.07) is 11.1. The zero-order valence-electron chi connectivity index (χ0n) is 11.5. The van der Waals surface area contributed by atoms with Crippen molar-refractivity contribution in [3.8, 4) is 0 Å². The molecule has 0 radical (unpaired) electrons. The molecular weight excluding hydrogens is 318 g/mol. The Bertz CT molecular complexity index is 772. The van der Waals surface area contributed by atoms with Crippen molar-refractivity contribution in [1.29, 1.82) is 0 Å². The summed E-state index contributed by atoms with van der Waals surface area (Å²) in [5, 5.41) is 4.08. The Morgan fingerprint density at radius 1 is 1.18 bits per heavy atom. The molecule has 1 amide bonds. The van der Waals surface area contributed by atoms with E-state index in [1.54, 1.807) is 24.5 Å². The lowest BCUT2D eigenvalue weighted by molar-refractivity contribution is 0.102. The van der Waals surface area contributed by atoms with Gasteiger partial charge in [-0.2, -0.15) is 0 Å². The average Bonchev–Trinajstić information content (AvgIpc) is 2.97. The molecule has 0 spiro atoms. The Kier molecular flexibility index (Phi) is 4.46. The lowest BCUT2D eigenvalue weighted by Gasteiger charge is -2.00. The molecule has 2 heterocycles. The number of benzene rings is 1. The van der Waals surface area contributed by atoms with Gasteiger partial charge >= 0.3 is 0 Å². The number of pyridine rings is 1. The Morgan fingerprint density at radius 3 is 2.73 bits per heavy atom. The van der Waals surface area contributed by atoms with Crippen LogP contribution in [0.5, 0.6) is 0 Å². The van der Waals surface area contributed by atoms with Crippen LogP contribution in [0.1, 0.15) is 20.8 Å². The highest BCUT2D eigenvalue weighted by molar-refractivity contribution is 7.15. The van der Waals surface area contributed by atoms with Gasteiger partial charge in [0.2, 0.25) is 0 Å². The van der Waals surface area contributed by atoms with Crippen molar-refractivity contribution < 1.29 is 4.79 Å². The highest BCUT2D eigenvalue weighted by Crippen LogP contribution is 2.22. The van der Waals surface area contributed by atoms with Crippen LogP contribution in [-0.4, -0.2) is 15.9 Å². The van der Waals surface area contributed by atoms with Crippen LogP contribution in [0.3, 0.4) is 0 Å². The van der Waals surface area contributed by atoms with Crippen LogP contribution in [0, 0.1) is 0 Å². The van der Waals surface area contributed by atoms with Gasteiger partial charge < -0.3 is 0 Å². The maximum absolute atomic E-state index is 12.0. The molecule has 0 atom stereocenters. The Hall–Kier alpha value is -2.24. The maximum Gasteiger partial charge on any atom is 0.259 e. The molecule has 110 valence electrons. The van der Waals surface area contributed by atoms with Crippen LogP contribution >= 0.6 is 22.9 Å². The molecule has 22 heavy (non-hydrogen) atoms. The van der Waals surface area contributed by atoms with E-state index in [4.69, 9.17) is 11.6 Å². The van der Waals surface area contributed by atoms with Crippen molar-refractivity contribution in [2.45, 2.75) is 6.42 Å². The third-order valence-electron chi connectivity index (χ3n) is 2.99. The summed E-state index contributed by atoms with van der Waals surface area (Å²) in [5.74, 6) is -0.208. The molecule has 1 N–H and O–H groups in total. The Morgan fingerprint density at radius 2 is 2.00 bits per heavy atom. The number of aromatic nitrogens is 2. The van der Waals surface area contributed by atoms with E-state index < -0.39 is 0 Å². The second-order valence-electron chi connectivity index (χ2n) is 4.63. The molecule has 0 bridgehead atoms. The standard InChI is InChI=1S/C16H12ClN3OS/c17-13-5-3-11(4-6-13)8-14-10-19-16(22-14)20-15(21)12-2-1-7-18-9-12/h1-7,9-10H,8H2,(H,19,20,21). The monoisotopic (exact) mass is 329 g/mol. The van der Waals surface area contributed by atoms with Crippen LogP contribution in [-0.2, 0) is 6.42 Å². The molecule has 0 unspecified atom stereocenters. The van der Waals surface area contributed by atoms with E-state index >= 15 is 0 Å². The average molecular weight is 330 g/mol. The molecule has 2 aromatic heterocycles. The Labute approximate surface area is 136 Å². The van der Waals surface area contributed by atoms with Gasteiger partial charge in [0.15, 0.2) is 5.13 Å². The smallest absolute Gasteiger partial charge is 0.259 e.